The van der Waals surface area contributed by atoms with E-state index in [2.05, 4.69) is 26.5 Å². The molecule has 1 aromatic carbocycles. The number of piperidine rings is 1. The molecule has 3 fully saturated rings. The van der Waals surface area contributed by atoms with E-state index in [1.165, 1.54) is 12.8 Å². The summed E-state index contributed by atoms with van der Waals surface area (Å²) in [5, 5.41) is 6.74. The van der Waals surface area contributed by atoms with Crippen molar-refractivity contribution in [2.75, 3.05) is 46.4 Å². The van der Waals surface area contributed by atoms with Gasteiger partial charge in [0.15, 0.2) is 0 Å². The third-order valence-corrected chi connectivity index (χ3v) is 6.16. The Kier molecular flexibility index (Phi) is 5.95. The summed E-state index contributed by atoms with van der Waals surface area (Å²) in [4.78, 5) is 17.6. The van der Waals surface area contributed by atoms with Gasteiger partial charge >= 0.3 is 0 Å². The van der Waals surface area contributed by atoms with Gasteiger partial charge in [0, 0.05) is 50.4 Å². The van der Waals surface area contributed by atoms with Crippen LogP contribution in [0.25, 0.3) is 0 Å². The van der Waals surface area contributed by atoms with Crippen LogP contribution in [0.15, 0.2) is 24.3 Å². The molecule has 1 saturated carbocycles. The average molecular weight is 373 g/mol. The minimum atomic E-state index is 0.154. The number of nitrogens with one attached hydrogen (secondary N) is 2. The SMILES string of the molecule is COc1ccccc1C1CNCCN1CC(=O)NC1CCN(C2CC2)CC1. The van der Waals surface area contributed by atoms with Gasteiger partial charge in [0.1, 0.15) is 5.75 Å². The monoisotopic (exact) mass is 372 g/mol. The molecular formula is C21H32N4O2. The molecule has 1 aromatic rings. The number of rotatable bonds is 6. The largest absolute Gasteiger partial charge is 0.496 e. The van der Waals surface area contributed by atoms with E-state index in [-0.39, 0.29) is 11.9 Å². The summed E-state index contributed by atoms with van der Waals surface area (Å²) >= 11 is 0. The number of ether oxygens (including phenoxy) is 1. The first-order valence-electron chi connectivity index (χ1n) is 10.4. The Hall–Kier alpha value is -1.63. The van der Waals surface area contributed by atoms with Crippen molar-refractivity contribution in [3.63, 3.8) is 0 Å². The molecule has 1 unspecified atom stereocenters. The van der Waals surface area contributed by atoms with Gasteiger partial charge < -0.3 is 20.3 Å². The van der Waals surface area contributed by atoms with Gasteiger partial charge in [-0.2, -0.15) is 0 Å². The molecule has 2 N–H and O–H groups in total. The predicted octanol–water partition coefficient (Wildman–Crippen LogP) is 1.38. The number of carbonyl (C=O) groups is 1. The molecule has 6 nitrogen and oxygen atoms in total. The minimum Gasteiger partial charge on any atom is -0.496 e. The molecule has 2 heterocycles. The Labute approximate surface area is 162 Å². The van der Waals surface area contributed by atoms with Crippen molar-refractivity contribution < 1.29 is 9.53 Å². The number of amides is 1. The Morgan fingerprint density at radius 2 is 1.96 bits per heavy atom. The topological polar surface area (TPSA) is 56.8 Å². The van der Waals surface area contributed by atoms with Crippen LogP contribution in [0, 0.1) is 0 Å². The zero-order chi connectivity index (χ0) is 18.6. The molecule has 4 rings (SSSR count). The lowest BCUT2D eigenvalue weighted by molar-refractivity contribution is -0.124. The zero-order valence-electron chi connectivity index (χ0n) is 16.3. The lowest BCUT2D eigenvalue weighted by Crippen LogP contribution is -2.52. The molecule has 2 aliphatic heterocycles. The van der Waals surface area contributed by atoms with Gasteiger partial charge in [0.05, 0.1) is 19.7 Å². The highest BCUT2D eigenvalue weighted by molar-refractivity contribution is 5.78. The molecule has 0 spiro atoms. The van der Waals surface area contributed by atoms with E-state index in [1.54, 1.807) is 7.11 Å². The number of benzene rings is 1. The Bertz CT molecular complexity index is 641. The minimum absolute atomic E-state index is 0.154. The third-order valence-electron chi connectivity index (χ3n) is 6.16. The molecule has 6 heteroatoms. The van der Waals surface area contributed by atoms with Crippen molar-refractivity contribution in [1.29, 1.82) is 0 Å². The summed E-state index contributed by atoms with van der Waals surface area (Å²) < 4.78 is 5.55. The smallest absolute Gasteiger partial charge is 0.234 e. The first-order valence-corrected chi connectivity index (χ1v) is 10.4. The van der Waals surface area contributed by atoms with Crippen LogP contribution in [0.3, 0.4) is 0 Å². The fraction of sp³-hybridized carbons (Fsp3) is 0.667. The van der Waals surface area contributed by atoms with Gasteiger partial charge in [0.25, 0.3) is 0 Å². The number of hydrogen-bond acceptors (Lipinski definition) is 5. The molecule has 0 aromatic heterocycles. The Balaban J connectivity index is 1.33. The zero-order valence-corrected chi connectivity index (χ0v) is 16.3. The number of nitrogens with zero attached hydrogens (tertiary/aromatic N) is 2. The first kappa shape index (κ1) is 18.7. The van der Waals surface area contributed by atoms with Crippen molar-refractivity contribution in [2.24, 2.45) is 0 Å². The molecule has 27 heavy (non-hydrogen) atoms. The van der Waals surface area contributed by atoms with Gasteiger partial charge in [-0.25, -0.2) is 0 Å². The summed E-state index contributed by atoms with van der Waals surface area (Å²) in [6, 6.07) is 9.47. The average Bonchev–Trinajstić information content (AvgIpc) is 3.54. The van der Waals surface area contributed by atoms with Crippen LogP contribution < -0.4 is 15.4 Å². The molecule has 3 aliphatic rings. The molecule has 0 radical (unpaired) electrons. The molecule has 1 aliphatic carbocycles. The third kappa shape index (κ3) is 4.62. The van der Waals surface area contributed by atoms with E-state index >= 15 is 0 Å². The fourth-order valence-corrected chi connectivity index (χ4v) is 4.49. The van der Waals surface area contributed by atoms with E-state index in [4.69, 9.17) is 4.74 Å². The summed E-state index contributed by atoms with van der Waals surface area (Å²) in [5.41, 5.74) is 1.15. The predicted molar refractivity (Wildman–Crippen MR) is 106 cm³/mol. The van der Waals surface area contributed by atoms with Gasteiger partial charge in [-0.1, -0.05) is 18.2 Å². The van der Waals surface area contributed by atoms with Gasteiger partial charge in [-0.15, -0.1) is 0 Å². The molecule has 0 bridgehead atoms. The van der Waals surface area contributed by atoms with Crippen LogP contribution in [0.4, 0.5) is 0 Å². The van der Waals surface area contributed by atoms with Crippen molar-refractivity contribution >= 4 is 5.91 Å². The van der Waals surface area contributed by atoms with Crippen LogP contribution in [-0.4, -0.2) is 74.2 Å². The van der Waals surface area contributed by atoms with Crippen LogP contribution in [0.5, 0.6) is 5.75 Å². The molecule has 2 saturated heterocycles. The summed E-state index contributed by atoms with van der Waals surface area (Å²) in [6.45, 7) is 5.34. The second-order valence-electron chi connectivity index (χ2n) is 8.04. The number of hydrogen-bond donors (Lipinski definition) is 2. The number of carbonyl (C=O) groups excluding carboxylic acids is 1. The van der Waals surface area contributed by atoms with Gasteiger partial charge in [0.2, 0.25) is 5.91 Å². The lowest BCUT2D eigenvalue weighted by atomic mass is 10.0. The number of para-hydroxylation sites is 1. The molecule has 148 valence electrons. The van der Waals surface area contributed by atoms with E-state index in [0.29, 0.717) is 12.6 Å². The van der Waals surface area contributed by atoms with Crippen molar-refractivity contribution in [2.45, 2.75) is 43.8 Å². The van der Waals surface area contributed by atoms with E-state index in [9.17, 15) is 4.79 Å². The highest BCUT2D eigenvalue weighted by atomic mass is 16.5. The van der Waals surface area contributed by atoms with Crippen molar-refractivity contribution in [1.82, 2.24) is 20.4 Å². The Morgan fingerprint density at radius 3 is 2.70 bits per heavy atom. The lowest BCUT2D eigenvalue weighted by Gasteiger charge is -2.37. The maximum Gasteiger partial charge on any atom is 0.234 e. The normalized spacial score (nSPS) is 25.3. The van der Waals surface area contributed by atoms with Gasteiger partial charge in [-0.3, -0.25) is 9.69 Å². The van der Waals surface area contributed by atoms with Gasteiger partial charge in [-0.05, 0) is 31.7 Å². The van der Waals surface area contributed by atoms with Crippen molar-refractivity contribution in [3.8, 4) is 5.75 Å². The van der Waals surface area contributed by atoms with Crippen LogP contribution in [0.1, 0.15) is 37.3 Å². The molecular weight excluding hydrogens is 340 g/mol. The summed E-state index contributed by atoms with van der Waals surface area (Å²) in [7, 11) is 1.71. The standard InChI is InChI=1S/C21H32N4O2/c1-27-20-5-3-2-4-18(20)19-14-22-10-13-25(19)15-21(26)23-16-8-11-24(12-9-16)17-6-7-17/h2-5,16-17,19,22H,6-15H2,1H3,(H,23,26). The second kappa shape index (κ2) is 8.59. The highest BCUT2D eigenvalue weighted by Crippen LogP contribution is 2.30. The van der Waals surface area contributed by atoms with Crippen LogP contribution in [-0.2, 0) is 4.79 Å². The maximum atomic E-state index is 12.7. The van der Waals surface area contributed by atoms with Crippen LogP contribution >= 0.6 is 0 Å². The summed E-state index contributed by atoms with van der Waals surface area (Å²) in [5.74, 6) is 1.05. The van der Waals surface area contributed by atoms with Crippen LogP contribution in [0.2, 0.25) is 0 Å². The van der Waals surface area contributed by atoms with E-state index in [1.807, 2.05) is 18.2 Å². The first-order chi connectivity index (χ1) is 13.2. The molecule has 1 atom stereocenters. The summed E-state index contributed by atoms with van der Waals surface area (Å²) in [6.07, 6.45) is 4.90. The van der Waals surface area contributed by atoms with E-state index in [0.717, 1.165) is 62.9 Å². The Morgan fingerprint density at radius 1 is 1.19 bits per heavy atom. The maximum absolute atomic E-state index is 12.7. The second-order valence-corrected chi connectivity index (χ2v) is 8.04. The number of likely N-dealkylation sites (tertiary alicyclic amines) is 1. The van der Waals surface area contributed by atoms with Crippen molar-refractivity contribution in [3.05, 3.63) is 29.8 Å². The quantitative estimate of drug-likeness (QED) is 0.790. The number of methoxy groups -OCH3 is 1. The highest BCUT2D eigenvalue weighted by Gasteiger charge is 2.33. The molecule has 1 amide bonds. The number of piperazine rings is 1. The fourth-order valence-electron chi connectivity index (χ4n) is 4.49. The van der Waals surface area contributed by atoms with E-state index < -0.39 is 0 Å².